The van der Waals surface area contributed by atoms with Gasteiger partial charge in [-0.1, -0.05) is 12.1 Å². The average Bonchev–Trinajstić information content (AvgIpc) is 2.95. The van der Waals surface area contributed by atoms with Gasteiger partial charge < -0.3 is 4.74 Å². The van der Waals surface area contributed by atoms with Crippen LogP contribution in [0.4, 0.5) is 0 Å². The largest absolute Gasteiger partial charge is 0.481 e. The number of carbonyl (C=O) groups is 2. The number of nitrogens with one attached hydrogen (secondary N) is 2. The minimum absolute atomic E-state index is 0.329. The zero-order chi connectivity index (χ0) is 17.0. The van der Waals surface area contributed by atoms with Gasteiger partial charge in [-0.25, -0.2) is 0 Å². The van der Waals surface area contributed by atoms with Gasteiger partial charge in [-0.2, -0.15) is 0 Å². The summed E-state index contributed by atoms with van der Waals surface area (Å²) < 4.78 is 5.67. The van der Waals surface area contributed by atoms with Gasteiger partial charge in [-0.05, 0) is 61.9 Å². The fourth-order valence-electron chi connectivity index (χ4n) is 1.98. The van der Waals surface area contributed by atoms with Crippen molar-refractivity contribution in [3.8, 4) is 5.75 Å². The molecule has 5 nitrogen and oxygen atoms in total. The van der Waals surface area contributed by atoms with E-state index >= 15 is 0 Å². The molecule has 0 saturated carbocycles. The normalized spacial score (nSPS) is 11.7. The maximum absolute atomic E-state index is 12.1. The summed E-state index contributed by atoms with van der Waals surface area (Å²) in [6.07, 6.45) is -0.722. The first-order valence-electron chi connectivity index (χ1n) is 7.27. The molecule has 122 valence electrons. The van der Waals surface area contributed by atoms with Crippen molar-refractivity contribution >= 4 is 23.2 Å². The number of ether oxygens (including phenoxy) is 1. The first kappa shape index (κ1) is 17.0. The molecule has 0 saturated heterocycles. The van der Waals surface area contributed by atoms with Gasteiger partial charge in [0, 0.05) is 0 Å². The van der Waals surface area contributed by atoms with Crippen LogP contribution in [0.25, 0.3) is 0 Å². The number of aryl methyl sites for hydroxylation is 2. The fourth-order valence-corrected chi connectivity index (χ4v) is 2.80. The third kappa shape index (κ3) is 4.10. The number of hydrogen-bond donors (Lipinski definition) is 2. The summed E-state index contributed by atoms with van der Waals surface area (Å²) in [6.45, 7) is 7.41. The Morgan fingerprint density at radius 1 is 1.09 bits per heavy atom. The molecule has 0 unspecified atom stereocenters. The van der Waals surface area contributed by atoms with E-state index in [9.17, 15) is 9.59 Å². The van der Waals surface area contributed by atoms with Gasteiger partial charge in [0.1, 0.15) is 5.75 Å². The number of carbonyl (C=O) groups excluding carboxylic acids is 2. The van der Waals surface area contributed by atoms with Crippen molar-refractivity contribution in [1.29, 1.82) is 0 Å². The molecule has 0 radical (unpaired) electrons. The Labute approximate surface area is 139 Å². The van der Waals surface area contributed by atoms with E-state index in [4.69, 9.17) is 4.74 Å². The third-order valence-electron chi connectivity index (χ3n) is 3.60. The number of amides is 2. The van der Waals surface area contributed by atoms with Crippen molar-refractivity contribution in [2.45, 2.75) is 33.8 Å². The van der Waals surface area contributed by atoms with Crippen molar-refractivity contribution in [1.82, 2.24) is 10.9 Å². The van der Waals surface area contributed by atoms with Crippen LogP contribution in [0.1, 0.15) is 33.3 Å². The molecule has 0 spiro atoms. The van der Waals surface area contributed by atoms with Crippen LogP contribution in [0, 0.1) is 20.8 Å². The first-order chi connectivity index (χ1) is 10.9. The summed E-state index contributed by atoms with van der Waals surface area (Å²) in [6, 6.07) is 7.54. The molecular formula is C17H20N2O3S. The maximum atomic E-state index is 12.1. The second kappa shape index (κ2) is 7.28. The lowest BCUT2D eigenvalue weighted by atomic mass is 10.1. The molecule has 2 amide bonds. The molecule has 2 rings (SSSR count). The van der Waals surface area contributed by atoms with Crippen LogP contribution in [-0.2, 0) is 4.79 Å². The average molecular weight is 332 g/mol. The molecule has 2 aromatic rings. The van der Waals surface area contributed by atoms with E-state index in [0.29, 0.717) is 10.6 Å². The molecule has 1 atom stereocenters. The van der Waals surface area contributed by atoms with Crippen molar-refractivity contribution < 1.29 is 14.3 Å². The number of benzene rings is 1. The van der Waals surface area contributed by atoms with Crippen LogP contribution in [0.3, 0.4) is 0 Å². The topological polar surface area (TPSA) is 67.4 Å². The lowest BCUT2D eigenvalue weighted by molar-refractivity contribution is -0.128. The molecule has 23 heavy (non-hydrogen) atoms. The minimum Gasteiger partial charge on any atom is -0.481 e. The highest BCUT2D eigenvalue weighted by atomic mass is 32.1. The highest BCUT2D eigenvalue weighted by Gasteiger charge is 2.18. The van der Waals surface area contributed by atoms with Crippen molar-refractivity contribution in [2.75, 3.05) is 0 Å². The molecule has 6 heteroatoms. The fraction of sp³-hybridized carbons (Fsp3) is 0.294. The Balaban J connectivity index is 1.91. The Morgan fingerprint density at radius 2 is 1.83 bits per heavy atom. The van der Waals surface area contributed by atoms with Crippen LogP contribution < -0.4 is 15.6 Å². The predicted octanol–water partition coefficient (Wildman–Crippen LogP) is 2.90. The molecule has 0 aliphatic heterocycles. The van der Waals surface area contributed by atoms with Gasteiger partial charge in [0.25, 0.3) is 11.8 Å². The lowest BCUT2D eigenvalue weighted by Gasteiger charge is -2.17. The summed E-state index contributed by atoms with van der Waals surface area (Å²) in [4.78, 5) is 24.6. The SMILES string of the molecule is Cc1ccsc1C(=O)NNC(=O)[C@H](C)Oc1cccc(C)c1C. The molecular weight excluding hydrogens is 312 g/mol. The summed E-state index contributed by atoms with van der Waals surface area (Å²) in [5.74, 6) is -0.0775. The Morgan fingerprint density at radius 3 is 2.48 bits per heavy atom. The minimum atomic E-state index is -0.722. The van der Waals surface area contributed by atoms with Crippen LogP contribution in [0.15, 0.2) is 29.6 Å². The molecule has 0 bridgehead atoms. The van der Waals surface area contributed by atoms with E-state index in [1.807, 2.05) is 50.4 Å². The molecule has 0 fully saturated rings. The molecule has 2 N–H and O–H groups in total. The standard InChI is InChI=1S/C17H20N2O3S/c1-10-6-5-7-14(12(10)3)22-13(4)16(20)18-19-17(21)15-11(2)8-9-23-15/h5-9,13H,1-4H3,(H,18,20)(H,19,21)/t13-/m0/s1. The van der Waals surface area contributed by atoms with Gasteiger partial charge in [0.05, 0.1) is 4.88 Å². The highest BCUT2D eigenvalue weighted by Crippen LogP contribution is 2.21. The van der Waals surface area contributed by atoms with E-state index in [0.717, 1.165) is 16.7 Å². The number of hydrazine groups is 1. The van der Waals surface area contributed by atoms with Gasteiger partial charge in [-0.3, -0.25) is 20.4 Å². The van der Waals surface area contributed by atoms with Crippen molar-refractivity contribution in [3.05, 3.63) is 51.2 Å². The lowest BCUT2D eigenvalue weighted by Crippen LogP contribution is -2.47. The summed E-state index contributed by atoms with van der Waals surface area (Å²) in [5.41, 5.74) is 7.77. The molecule has 1 heterocycles. The molecule has 1 aromatic heterocycles. The van der Waals surface area contributed by atoms with E-state index in [2.05, 4.69) is 10.9 Å². The van der Waals surface area contributed by atoms with Gasteiger partial charge in [0.2, 0.25) is 0 Å². The van der Waals surface area contributed by atoms with Gasteiger partial charge >= 0.3 is 0 Å². The smallest absolute Gasteiger partial charge is 0.280 e. The zero-order valence-electron chi connectivity index (χ0n) is 13.6. The molecule has 0 aliphatic rings. The second-order valence-electron chi connectivity index (χ2n) is 5.33. The van der Waals surface area contributed by atoms with Crippen LogP contribution in [-0.4, -0.2) is 17.9 Å². The summed E-state index contributed by atoms with van der Waals surface area (Å²) >= 11 is 1.33. The molecule has 1 aromatic carbocycles. The van der Waals surface area contributed by atoms with Gasteiger partial charge in [-0.15, -0.1) is 11.3 Å². The Bertz CT molecular complexity index is 724. The van der Waals surface area contributed by atoms with Gasteiger partial charge in [0.15, 0.2) is 6.10 Å². The summed E-state index contributed by atoms with van der Waals surface area (Å²) in [7, 11) is 0. The van der Waals surface area contributed by atoms with E-state index in [1.54, 1.807) is 6.92 Å². The van der Waals surface area contributed by atoms with E-state index in [1.165, 1.54) is 11.3 Å². The van der Waals surface area contributed by atoms with Crippen LogP contribution in [0.5, 0.6) is 5.75 Å². The highest BCUT2D eigenvalue weighted by molar-refractivity contribution is 7.12. The van der Waals surface area contributed by atoms with Crippen LogP contribution in [0.2, 0.25) is 0 Å². The number of thiophene rings is 1. The number of rotatable bonds is 4. The first-order valence-corrected chi connectivity index (χ1v) is 8.15. The van der Waals surface area contributed by atoms with E-state index < -0.39 is 12.0 Å². The predicted molar refractivity (Wildman–Crippen MR) is 90.7 cm³/mol. The zero-order valence-corrected chi connectivity index (χ0v) is 14.4. The Hall–Kier alpha value is -2.34. The second-order valence-corrected chi connectivity index (χ2v) is 6.25. The van der Waals surface area contributed by atoms with Crippen molar-refractivity contribution in [3.63, 3.8) is 0 Å². The van der Waals surface area contributed by atoms with E-state index in [-0.39, 0.29) is 5.91 Å². The number of hydrogen-bond acceptors (Lipinski definition) is 4. The monoisotopic (exact) mass is 332 g/mol. The van der Waals surface area contributed by atoms with Crippen molar-refractivity contribution in [2.24, 2.45) is 0 Å². The van der Waals surface area contributed by atoms with Crippen LogP contribution >= 0.6 is 11.3 Å². The Kier molecular flexibility index (Phi) is 5.39. The quantitative estimate of drug-likeness (QED) is 0.846. The maximum Gasteiger partial charge on any atom is 0.280 e. The third-order valence-corrected chi connectivity index (χ3v) is 4.61. The summed E-state index contributed by atoms with van der Waals surface area (Å²) in [5, 5.41) is 1.83. The molecule has 0 aliphatic carbocycles.